The van der Waals surface area contributed by atoms with Gasteiger partial charge >= 0.3 is 6.01 Å². The van der Waals surface area contributed by atoms with Crippen LogP contribution in [0.25, 0.3) is 0 Å². The predicted molar refractivity (Wildman–Crippen MR) is 89.3 cm³/mol. The van der Waals surface area contributed by atoms with E-state index in [4.69, 9.17) is 13.9 Å². The Morgan fingerprint density at radius 1 is 1.43 bits per heavy atom. The van der Waals surface area contributed by atoms with Crippen molar-refractivity contribution >= 4 is 8.32 Å². The highest BCUT2D eigenvalue weighted by Crippen LogP contribution is 2.40. The third-order valence-corrected chi connectivity index (χ3v) is 9.75. The Bertz CT molecular complexity index is 665. The lowest BCUT2D eigenvalue weighted by Crippen LogP contribution is -2.44. The highest BCUT2D eigenvalue weighted by atomic mass is 28.4. The molecule has 128 valence electrons. The van der Waals surface area contributed by atoms with Gasteiger partial charge in [-0.15, -0.1) is 0 Å². The van der Waals surface area contributed by atoms with E-state index in [2.05, 4.69) is 38.8 Å². The summed E-state index contributed by atoms with van der Waals surface area (Å²) in [7, 11) is -1.82. The van der Waals surface area contributed by atoms with Crippen LogP contribution in [-0.4, -0.2) is 36.7 Å². The normalized spacial score (nSPS) is 26.8. The van der Waals surface area contributed by atoms with E-state index >= 15 is 0 Å². The fourth-order valence-corrected chi connectivity index (χ4v) is 3.65. The van der Waals surface area contributed by atoms with E-state index in [1.807, 2.05) is 4.57 Å². The first kappa shape index (κ1) is 16.7. The first-order chi connectivity index (χ1) is 10.6. The zero-order valence-corrected chi connectivity index (χ0v) is 15.8. The van der Waals surface area contributed by atoms with Gasteiger partial charge in [0.1, 0.15) is 18.4 Å². The van der Waals surface area contributed by atoms with E-state index in [1.165, 1.54) is 0 Å². The number of hydrogen-bond acceptors (Lipinski definition) is 5. The van der Waals surface area contributed by atoms with Gasteiger partial charge in [-0.05, 0) is 25.1 Å². The van der Waals surface area contributed by atoms with Gasteiger partial charge in [0.05, 0.1) is 6.61 Å². The Kier molecular flexibility index (Phi) is 3.93. The summed E-state index contributed by atoms with van der Waals surface area (Å²) >= 11 is 0. The molecule has 0 aliphatic carbocycles. The largest absolute Gasteiger partial charge is 0.458 e. The first-order valence-electron chi connectivity index (χ1n) is 8.14. The first-order valence-corrected chi connectivity index (χ1v) is 11.1. The summed E-state index contributed by atoms with van der Waals surface area (Å²) in [6.07, 6.45) is 2.19. The number of ether oxygens (including phenoxy) is 2. The molecule has 7 heteroatoms. The van der Waals surface area contributed by atoms with Crippen LogP contribution >= 0.6 is 0 Å². The van der Waals surface area contributed by atoms with Gasteiger partial charge in [-0.1, -0.05) is 20.8 Å². The lowest BCUT2D eigenvalue weighted by Gasteiger charge is -2.37. The molecule has 2 aliphatic rings. The molecular weight excluding hydrogens is 312 g/mol. The summed E-state index contributed by atoms with van der Waals surface area (Å²) in [5, 5.41) is 0.162. The zero-order chi connectivity index (χ0) is 17.0. The topological polar surface area (TPSA) is 62.6 Å². The second-order valence-electron chi connectivity index (χ2n) is 8.01. The molecule has 3 atom stereocenters. The lowest BCUT2D eigenvalue weighted by molar-refractivity contribution is -0.0220. The van der Waals surface area contributed by atoms with Crippen LogP contribution in [0.2, 0.25) is 18.1 Å². The number of nitrogens with zero attached hydrogens (tertiary/aromatic N) is 2. The quantitative estimate of drug-likeness (QED) is 0.793. The summed E-state index contributed by atoms with van der Waals surface area (Å²) in [5.41, 5.74) is 0.354. The number of rotatable bonds is 3. The Morgan fingerprint density at radius 3 is 2.78 bits per heavy atom. The van der Waals surface area contributed by atoms with Crippen molar-refractivity contribution in [1.29, 1.82) is 0 Å². The molecule has 3 rings (SSSR count). The molecule has 1 saturated heterocycles. The maximum Gasteiger partial charge on any atom is 0.302 e. The molecule has 2 bridgehead atoms. The van der Waals surface area contributed by atoms with Crippen molar-refractivity contribution in [3.63, 3.8) is 0 Å². The van der Waals surface area contributed by atoms with Gasteiger partial charge < -0.3 is 13.9 Å². The maximum absolute atomic E-state index is 11.7. The van der Waals surface area contributed by atoms with Crippen LogP contribution in [0.15, 0.2) is 11.0 Å². The maximum atomic E-state index is 11.7. The van der Waals surface area contributed by atoms with E-state index < -0.39 is 8.32 Å². The summed E-state index contributed by atoms with van der Waals surface area (Å²) in [5.74, 6) is 0. The van der Waals surface area contributed by atoms with Gasteiger partial charge in [-0.3, -0.25) is 9.36 Å². The van der Waals surface area contributed by atoms with E-state index in [1.54, 1.807) is 13.1 Å². The minimum absolute atomic E-state index is 0.0978. The summed E-state index contributed by atoms with van der Waals surface area (Å²) < 4.78 is 20.1. The Hall–Kier alpha value is -1.18. The van der Waals surface area contributed by atoms with Crippen LogP contribution < -0.4 is 10.3 Å². The van der Waals surface area contributed by atoms with Crippen molar-refractivity contribution in [3.05, 3.63) is 22.1 Å². The van der Waals surface area contributed by atoms with Crippen molar-refractivity contribution in [2.75, 3.05) is 6.61 Å². The molecule has 1 fully saturated rings. The monoisotopic (exact) mass is 338 g/mol. The third-order valence-electron chi connectivity index (χ3n) is 5.25. The van der Waals surface area contributed by atoms with E-state index in [9.17, 15) is 4.79 Å². The van der Waals surface area contributed by atoms with Gasteiger partial charge in [-0.25, -0.2) is 0 Å². The summed E-state index contributed by atoms with van der Waals surface area (Å²) in [6, 6.07) is 0.358. The highest BCUT2D eigenvalue weighted by Gasteiger charge is 2.45. The molecule has 1 aromatic rings. The number of fused-ring (bicyclic) bond motifs is 4. The van der Waals surface area contributed by atoms with E-state index in [-0.39, 0.29) is 29.0 Å². The SMILES string of the molecule is Cc1cn2c(nc1=O)O[C@@H]1C[C@H]2O[C@@H]1CO[Si](C)(C)C(C)(C)C. The van der Waals surface area contributed by atoms with Gasteiger partial charge in [0.15, 0.2) is 8.32 Å². The van der Waals surface area contributed by atoms with Crippen LogP contribution in [0.5, 0.6) is 6.01 Å². The Labute approximate surface area is 137 Å². The van der Waals surface area contributed by atoms with Crippen molar-refractivity contribution in [1.82, 2.24) is 9.55 Å². The molecule has 6 nitrogen and oxygen atoms in total. The Morgan fingerprint density at radius 2 is 2.13 bits per heavy atom. The molecule has 0 N–H and O–H groups in total. The third kappa shape index (κ3) is 2.97. The van der Waals surface area contributed by atoms with Crippen molar-refractivity contribution < 1.29 is 13.9 Å². The van der Waals surface area contributed by atoms with E-state index in [0.29, 0.717) is 18.2 Å². The molecule has 23 heavy (non-hydrogen) atoms. The zero-order valence-electron chi connectivity index (χ0n) is 14.8. The van der Waals surface area contributed by atoms with Gasteiger partial charge in [-0.2, -0.15) is 4.98 Å². The number of aromatic nitrogens is 2. The van der Waals surface area contributed by atoms with Crippen LogP contribution in [0.4, 0.5) is 0 Å². The Balaban J connectivity index is 1.73. The molecule has 0 saturated carbocycles. The fourth-order valence-electron chi connectivity index (χ4n) is 2.63. The van der Waals surface area contributed by atoms with Crippen LogP contribution in [0.3, 0.4) is 0 Å². The second kappa shape index (κ2) is 5.43. The average molecular weight is 338 g/mol. The van der Waals surface area contributed by atoms with Crippen LogP contribution in [-0.2, 0) is 9.16 Å². The molecule has 0 unspecified atom stereocenters. The fraction of sp³-hybridized carbons (Fsp3) is 0.750. The molecule has 0 aromatic carbocycles. The van der Waals surface area contributed by atoms with Crippen LogP contribution in [0.1, 0.15) is 39.0 Å². The lowest BCUT2D eigenvalue weighted by atomic mass is 10.1. The second-order valence-corrected chi connectivity index (χ2v) is 12.8. The summed E-state index contributed by atoms with van der Waals surface area (Å²) in [6.45, 7) is 13.4. The van der Waals surface area contributed by atoms with Gasteiger partial charge in [0.25, 0.3) is 5.56 Å². The molecule has 2 aliphatic heterocycles. The van der Waals surface area contributed by atoms with Crippen molar-refractivity contribution in [3.8, 4) is 6.01 Å². The van der Waals surface area contributed by atoms with E-state index in [0.717, 1.165) is 6.42 Å². The minimum atomic E-state index is -1.82. The van der Waals surface area contributed by atoms with Crippen LogP contribution in [0, 0.1) is 6.92 Å². The highest BCUT2D eigenvalue weighted by molar-refractivity contribution is 6.74. The molecule has 1 aromatic heterocycles. The summed E-state index contributed by atoms with van der Waals surface area (Å²) in [4.78, 5) is 15.7. The minimum Gasteiger partial charge on any atom is -0.458 e. The molecular formula is C16H26N2O4Si. The smallest absolute Gasteiger partial charge is 0.302 e. The molecule has 3 heterocycles. The predicted octanol–water partition coefficient (Wildman–Crippen LogP) is 2.62. The van der Waals surface area contributed by atoms with Crippen molar-refractivity contribution in [2.24, 2.45) is 0 Å². The average Bonchev–Trinajstić information content (AvgIpc) is 2.76. The number of aryl methyl sites for hydroxylation is 1. The molecule has 0 radical (unpaired) electrons. The molecule has 0 spiro atoms. The molecule has 0 amide bonds. The standard InChI is InChI=1S/C16H26N2O4Si/c1-10-8-18-13-7-11(22-15(18)17-14(10)19)12(21-13)9-20-23(5,6)16(2,3)4/h8,11-13H,7,9H2,1-6H3/t11-,12-,13-/m1/s1. The number of hydrogen-bond donors (Lipinski definition) is 0. The van der Waals surface area contributed by atoms with Gasteiger partial charge in [0, 0.05) is 18.2 Å². The van der Waals surface area contributed by atoms with Crippen molar-refractivity contribution in [2.45, 2.75) is 70.7 Å². The van der Waals surface area contributed by atoms with Gasteiger partial charge in [0.2, 0.25) is 0 Å².